The number of carboxylic acids is 1. The van der Waals surface area contributed by atoms with E-state index >= 15 is 0 Å². The van der Waals surface area contributed by atoms with Gasteiger partial charge in [0.1, 0.15) is 11.9 Å². The van der Waals surface area contributed by atoms with Gasteiger partial charge in [0, 0.05) is 25.4 Å². The number of imidazole rings is 1. The lowest BCUT2D eigenvalue weighted by Gasteiger charge is -2.21. The van der Waals surface area contributed by atoms with Crippen LogP contribution in [0.15, 0.2) is 12.4 Å². The van der Waals surface area contributed by atoms with E-state index in [1.165, 1.54) is 0 Å². The third-order valence-electron chi connectivity index (χ3n) is 2.79. The Labute approximate surface area is 103 Å². The Balaban J connectivity index is 1.93. The number of H-pyrrole nitrogens is 1. The van der Waals surface area contributed by atoms with E-state index in [1.54, 1.807) is 12.4 Å². The standard InChI is InChI=1S/C10H14N4O4/c15-6-3-7(9(16)17)14(5-6)10(18)13-4-8-11-1-2-12-8/h1-2,6-7,15H,3-5H2,(H,11,12)(H,13,18)(H,16,17)/t6-,7-/m0/s1. The zero-order chi connectivity index (χ0) is 13.1. The third-order valence-corrected chi connectivity index (χ3v) is 2.79. The van der Waals surface area contributed by atoms with Gasteiger partial charge in [-0.3, -0.25) is 0 Å². The molecule has 1 aromatic rings. The van der Waals surface area contributed by atoms with Crippen LogP contribution in [0, 0.1) is 0 Å². The highest BCUT2D eigenvalue weighted by Gasteiger charge is 2.38. The fourth-order valence-corrected chi connectivity index (χ4v) is 1.93. The highest BCUT2D eigenvalue weighted by Crippen LogP contribution is 2.18. The first-order valence-corrected chi connectivity index (χ1v) is 5.51. The van der Waals surface area contributed by atoms with Crippen molar-refractivity contribution in [2.45, 2.75) is 25.1 Å². The van der Waals surface area contributed by atoms with Crippen LogP contribution in [-0.4, -0.2) is 55.8 Å². The van der Waals surface area contributed by atoms with Crippen LogP contribution in [0.2, 0.25) is 0 Å². The van der Waals surface area contributed by atoms with Gasteiger partial charge in [0.05, 0.1) is 12.6 Å². The van der Waals surface area contributed by atoms with Gasteiger partial charge in [-0.1, -0.05) is 0 Å². The van der Waals surface area contributed by atoms with Gasteiger partial charge in [-0.15, -0.1) is 0 Å². The van der Waals surface area contributed by atoms with E-state index in [0.717, 1.165) is 4.90 Å². The molecule has 0 spiro atoms. The van der Waals surface area contributed by atoms with Crippen molar-refractivity contribution in [1.29, 1.82) is 0 Å². The number of rotatable bonds is 3. The zero-order valence-corrected chi connectivity index (χ0v) is 9.54. The number of β-amino-alcohol motifs (C(OH)–C–C–N with tert-alkyl or cyclic N) is 1. The summed E-state index contributed by atoms with van der Waals surface area (Å²) in [5.74, 6) is -0.533. The Morgan fingerprint density at radius 2 is 2.39 bits per heavy atom. The molecule has 1 aliphatic rings. The molecule has 0 aromatic carbocycles. The maximum absolute atomic E-state index is 11.8. The molecular weight excluding hydrogens is 240 g/mol. The molecule has 0 radical (unpaired) electrons. The number of aromatic amines is 1. The smallest absolute Gasteiger partial charge is 0.326 e. The number of urea groups is 1. The van der Waals surface area contributed by atoms with Crippen LogP contribution >= 0.6 is 0 Å². The number of amides is 2. The lowest BCUT2D eigenvalue weighted by atomic mass is 10.2. The summed E-state index contributed by atoms with van der Waals surface area (Å²) in [5, 5.41) is 20.9. The van der Waals surface area contributed by atoms with Crippen LogP contribution in [0.3, 0.4) is 0 Å². The Morgan fingerprint density at radius 3 is 3.00 bits per heavy atom. The number of likely N-dealkylation sites (tertiary alicyclic amines) is 1. The zero-order valence-electron chi connectivity index (χ0n) is 9.54. The second kappa shape index (κ2) is 5.05. The van der Waals surface area contributed by atoms with Gasteiger partial charge in [-0.05, 0) is 0 Å². The summed E-state index contributed by atoms with van der Waals surface area (Å²) in [6, 6.07) is -1.49. The summed E-state index contributed by atoms with van der Waals surface area (Å²) >= 11 is 0. The predicted octanol–water partition coefficient (Wildman–Crippen LogP) is -0.861. The van der Waals surface area contributed by atoms with Gasteiger partial charge in [-0.25, -0.2) is 14.6 Å². The topological polar surface area (TPSA) is 119 Å². The number of carboxylic acid groups (broad SMARTS) is 1. The number of carbonyl (C=O) groups excluding carboxylic acids is 1. The fourth-order valence-electron chi connectivity index (χ4n) is 1.93. The normalized spacial score (nSPS) is 23.1. The second-order valence-electron chi connectivity index (χ2n) is 4.09. The molecule has 0 aliphatic carbocycles. The largest absolute Gasteiger partial charge is 0.480 e. The van der Waals surface area contributed by atoms with E-state index in [4.69, 9.17) is 5.11 Å². The average Bonchev–Trinajstić information content (AvgIpc) is 2.94. The van der Waals surface area contributed by atoms with E-state index in [1.807, 2.05) is 0 Å². The van der Waals surface area contributed by atoms with Gasteiger partial charge < -0.3 is 25.4 Å². The van der Waals surface area contributed by atoms with E-state index in [2.05, 4.69) is 15.3 Å². The average molecular weight is 254 g/mol. The van der Waals surface area contributed by atoms with Gasteiger partial charge in [0.2, 0.25) is 0 Å². The molecule has 8 heteroatoms. The summed E-state index contributed by atoms with van der Waals surface area (Å²) in [5.41, 5.74) is 0. The number of carbonyl (C=O) groups is 2. The number of aliphatic hydroxyl groups excluding tert-OH is 1. The number of hydrogen-bond acceptors (Lipinski definition) is 4. The Morgan fingerprint density at radius 1 is 1.61 bits per heavy atom. The lowest BCUT2D eigenvalue weighted by molar-refractivity contribution is -0.141. The molecular formula is C10H14N4O4. The van der Waals surface area contributed by atoms with Gasteiger partial charge >= 0.3 is 12.0 Å². The quantitative estimate of drug-likeness (QED) is 0.559. The van der Waals surface area contributed by atoms with Gasteiger partial charge in [-0.2, -0.15) is 0 Å². The van der Waals surface area contributed by atoms with Crippen molar-refractivity contribution in [3.63, 3.8) is 0 Å². The van der Waals surface area contributed by atoms with E-state index < -0.39 is 24.1 Å². The molecule has 2 atom stereocenters. The molecule has 8 nitrogen and oxygen atoms in total. The Hall–Kier alpha value is -2.09. The predicted molar refractivity (Wildman–Crippen MR) is 59.6 cm³/mol. The molecule has 0 bridgehead atoms. The summed E-state index contributed by atoms with van der Waals surface area (Å²) in [7, 11) is 0. The number of nitrogens with zero attached hydrogens (tertiary/aromatic N) is 2. The molecule has 4 N–H and O–H groups in total. The minimum absolute atomic E-state index is 0.0287. The monoisotopic (exact) mass is 254 g/mol. The van der Waals surface area contributed by atoms with Gasteiger partial charge in [0.15, 0.2) is 0 Å². The number of aromatic nitrogens is 2. The van der Waals surface area contributed by atoms with Crippen LogP contribution in [0.5, 0.6) is 0 Å². The van der Waals surface area contributed by atoms with Crippen molar-refractivity contribution in [2.24, 2.45) is 0 Å². The third kappa shape index (κ3) is 2.59. The molecule has 1 fully saturated rings. The number of aliphatic hydroxyl groups is 1. The fraction of sp³-hybridized carbons (Fsp3) is 0.500. The van der Waals surface area contributed by atoms with Crippen LogP contribution in [0.1, 0.15) is 12.2 Å². The van der Waals surface area contributed by atoms with E-state index in [-0.39, 0.29) is 19.5 Å². The van der Waals surface area contributed by atoms with Crippen molar-refractivity contribution in [3.8, 4) is 0 Å². The lowest BCUT2D eigenvalue weighted by Crippen LogP contribution is -2.46. The second-order valence-corrected chi connectivity index (χ2v) is 4.09. The summed E-state index contributed by atoms with van der Waals surface area (Å²) in [4.78, 5) is 30.6. The summed E-state index contributed by atoms with van der Waals surface area (Å²) in [6.07, 6.45) is 2.45. The summed E-state index contributed by atoms with van der Waals surface area (Å²) < 4.78 is 0. The van der Waals surface area contributed by atoms with E-state index in [0.29, 0.717) is 5.82 Å². The van der Waals surface area contributed by atoms with Crippen molar-refractivity contribution in [1.82, 2.24) is 20.2 Å². The van der Waals surface area contributed by atoms with Crippen LogP contribution < -0.4 is 5.32 Å². The molecule has 1 saturated heterocycles. The minimum Gasteiger partial charge on any atom is -0.480 e. The van der Waals surface area contributed by atoms with Crippen molar-refractivity contribution >= 4 is 12.0 Å². The molecule has 1 aliphatic heterocycles. The SMILES string of the molecule is O=C(O)[C@@H]1C[C@H](O)CN1C(=O)NCc1ncc[nH]1. The first kappa shape index (κ1) is 12.4. The molecule has 0 saturated carbocycles. The molecule has 2 heterocycles. The van der Waals surface area contributed by atoms with Crippen LogP contribution in [-0.2, 0) is 11.3 Å². The first-order valence-electron chi connectivity index (χ1n) is 5.51. The molecule has 0 unspecified atom stereocenters. The summed E-state index contributed by atoms with van der Waals surface area (Å²) in [6.45, 7) is 0.214. The first-order chi connectivity index (χ1) is 8.58. The number of nitrogens with one attached hydrogen (secondary N) is 2. The molecule has 2 rings (SSSR count). The van der Waals surface area contributed by atoms with Crippen molar-refractivity contribution in [3.05, 3.63) is 18.2 Å². The van der Waals surface area contributed by atoms with Crippen molar-refractivity contribution < 1.29 is 19.8 Å². The highest BCUT2D eigenvalue weighted by atomic mass is 16.4. The van der Waals surface area contributed by atoms with E-state index in [9.17, 15) is 14.7 Å². The minimum atomic E-state index is -1.11. The highest BCUT2D eigenvalue weighted by molar-refractivity contribution is 5.83. The van der Waals surface area contributed by atoms with Crippen molar-refractivity contribution in [2.75, 3.05) is 6.54 Å². The number of aliphatic carboxylic acids is 1. The van der Waals surface area contributed by atoms with Crippen LogP contribution in [0.25, 0.3) is 0 Å². The van der Waals surface area contributed by atoms with Gasteiger partial charge in [0.25, 0.3) is 0 Å². The number of hydrogen-bond donors (Lipinski definition) is 4. The Kier molecular flexibility index (Phi) is 3.47. The molecule has 2 amide bonds. The maximum Gasteiger partial charge on any atom is 0.326 e. The molecule has 18 heavy (non-hydrogen) atoms. The van der Waals surface area contributed by atoms with Crippen LogP contribution in [0.4, 0.5) is 4.79 Å². The maximum atomic E-state index is 11.8. The molecule has 98 valence electrons. The molecule has 1 aromatic heterocycles. The Bertz CT molecular complexity index is 433.